The molecule has 0 radical (unpaired) electrons. The fourth-order valence-corrected chi connectivity index (χ4v) is 3.69. The lowest BCUT2D eigenvalue weighted by atomic mass is 9.97. The maximum atomic E-state index is 13.8. The normalized spacial score (nSPS) is 24.1. The Kier molecular flexibility index (Phi) is 6.14. The summed E-state index contributed by atoms with van der Waals surface area (Å²) in [5.74, 6) is -0.757. The number of ether oxygens (including phenoxy) is 1. The molecule has 2 aliphatic rings. The van der Waals surface area contributed by atoms with Gasteiger partial charge in [0.05, 0.1) is 23.3 Å². The van der Waals surface area contributed by atoms with E-state index in [1.807, 2.05) is 4.90 Å². The van der Waals surface area contributed by atoms with E-state index >= 15 is 0 Å². The molecule has 1 aromatic carbocycles. The van der Waals surface area contributed by atoms with Gasteiger partial charge in [0, 0.05) is 31.6 Å². The minimum absolute atomic E-state index is 0.217. The van der Waals surface area contributed by atoms with E-state index in [1.54, 1.807) is 13.0 Å². The van der Waals surface area contributed by atoms with Gasteiger partial charge in [-0.05, 0) is 24.6 Å². The van der Waals surface area contributed by atoms with Crippen molar-refractivity contribution in [2.45, 2.75) is 25.2 Å². The number of carbonyl (C=O) groups excluding carboxylic acids is 1. The van der Waals surface area contributed by atoms with E-state index in [2.05, 4.69) is 10.6 Å². The van der Waals surface area contributed by atoms with Crippen LogP contribution in [0.4, 0.5) is 13.2 Å². The van der Waals surface area contributed by atoms with Crippen LogP contribution in [0.2, 0.25) is 10.0 Å². The zero-order valence-corrected chi connectivity index (χ0v) is 16.6. The highest BCUT2D eigenvalue weighted by Crippen LogP contribution is 2.33. The van der Waals surface area contributed by atoms with Crippen LogP contribution in [0.1, 0.15) is 12.5 Å². The Morgan fingerprint density at radius 1 is 1.18 bits per heavy atom. The van der Waals surface area contributed by atoms with Crippen molar-refractivity contribution < 1.29 is 22.7 Å². The predicted molar refractivity (Wildman–Crippen MR) is 100 cm³/mol. The smallest absolute Gasteiger partial charge is 0.379 e. The lowest BCUT2D eigenvalue weighted by Crippen LogP contribution is -2.67. The molecule has 28 heavy (non-hydrogen) atoms. The highest BCUT2D eigenvalue weighted by Gasteiger charge is 2.46. The van der Waals surface area contributed by atoms with Gasteiger partial charge >= 0.3 is 6.18 Å². The van der Waals surface area contributed by atoms with Crippen molar-refractivity contribution in [3.8, 4) is 0 Å². The standard InChI is InChI=1S/C18H20Cl2F3N3O2/c1-17(10-26-4-6-28-7-5-26)24-15(18(21,22)23)12(16(27)25-17)8-11-2-3-13(19)14(20)9-11/h2-3,9,24H,4-8,10H2,1H3,(H,25,27). The van der Waals surface area contributed by atoms with Crippen molar-refractivity contribution >= 4 is 29.1 Å². The Bertz CT molecular complexity index is 795. The van der Waals surface area contributed by atoms with Crippen LogP contribution in [-0.4, -0.2) is 55.5 Å². The zero-order valence-electron chi connectivity index (χ0n) is 15.1. The molecule has 0 aromatic heterocycles. The Balaban J connectivity index is 1.88. The molecule has 2 N–H and O–H groups in total. The molecule has 0 saturated carbocycles. The maximum Gasteiger partial charge on any atom is 0.431 e. The van der Waals surface area contributed by atoms with Crippen LogP contribution in [0.25, 0.3) is 0 Å². The summed E-state index contributed by atoms with van der Waals surface area (Å²) in [6.07, 6.45) is -4.92. The third-order valence-electron chi connectivity index (χ3n) is 4.66. The zero-order chi connectivity index (χ0) is 20.5. The second-order valence-electron chi connectivity index (χ2n) is 7.08. The van der Waals surface area contributed by atoms with Crippen molar-refractivity contribution in [2.24, 2.45) is 0 Å². The number of carbonyl (C=O) groups is 1. The molecule has 5 nitrogen and oxygen atoms in total. The van der Waals surface area contributed by atoms with Crippen molar-refractivity contribution in [2.75, 3.05) is 32.8 Å². The van der Waals surface area contributed by atoms with E-state index in [4.69, 9.17) is 27.9 Å². The summed E-state index contributed by atoms with van der Waals surface area (Å²) in [4.78, 5) is 14.6. The summed E-state index contributed by atoms with van der Waals surface area (Å²) in [6, 6.07) is 4.49. The molecule has 1 saturated heterocycles. The van der Waals surface area contributed by atoms with Gasteiger partial charge in [-0.15, -0.1) is 0 Å². The summed E-state index contributed by atoms with van der Waals surface area (Å²) in [5, 5.41) is 5.72. The molecule has 2 heterocycles. The van der Waals surface area contributed by atoms with Crippen LogP contribution in [0.15, 0.2) is 29.5 Å². The van der Waals surface area contributed by atoms with Gasteiger partial charge in [0.2, 0.25) is 0 Å². The van der Waals surface area contributed by atoms with Crippen LogP contribution in [0.3, 0.4) is 0 Å². The Morgan fingerprint density at radius 3 is 2.46 bits per heavy atom. The summed E-state index contributed by atoms with van der Waals surface area (Å²) in [7, 11) is 0. The average Bonchev–Trinajstić information content (AvgIpc) is 2.60. The first kappa shape index (κ1) is 21.2. The van der Waals surface area contributed by atoms with Crippen molar-refractivity contribution in [1.29, 1.82) is 0 Å². The summed E-state index contributed by atoms with van der Waals surface area (Å²) >= 11 is 11.8. The van der Waals surface area contributed by atoms with Crippen molar-refractivity contribution in [1.82, 2.24) is 15.5 Å². The first-order valence-corrected chi connectivity index (χ1v) is 9.48. The van der Waals surface area contributed by atoms with Crippen LogP contribution in [-0.2, 0) is 16.0 Å². The lowest BCUT2D eigenvalue weighted by Gasteiger charge is -2.43. The second kappa shape index (κ2) is 8.10. The number of hydrogen-bond acceptors (Lipinski definition) is 4. The van der Waals surface area contributed by atoms with Gasteiger partial charge in [-0.1, -0.05) is 29.3 Å². The van der Waals surface area contributed by atoms with Crippen molar-refractivity contribution in [3.63, 3.8) is 0 Å². The molecule has 0 aliphatic carbocycles. The monoisotopic (exact) mass is 437 g/mol. The molecule has 1 atom stereocenters. The minimum Gasteiger partial charge on any atom is -0.379 e. The molecular formula is C18H20Cl2F3N3O2. The molecule has 10 heteroatoms. The van der Waals surface area contributed by atoms with Crippen LogP contribution in [0.5, 0.6) is 0 Å². The first-order valence-electron chi connectivity index (χ1n) is 8.72. The number of allylic oxidation sites excluding steroid dienone is 1. The molecule has 0 spiro atoms. The van der Waals surface area contributed by atoms with Crippen LogP contribution < -0.4 is 10.6 Å². The van der Waals surface area contributed by atoms with Gasteiger partial charge in [0.25, 0.3) is 5.91 Å². The SMILES string of the molecule is CC1(CN2CCOCC2)NC(=O)C(Cc2ccc(Cl)c(Cl)c2)=C(C(F)(F)F)N1. The fourth-order valence-electron chi connectivity index (χ4n) is 3.37. The fraction of sp³-hybridized carbons (Fsp3) is 0.500. The number of nitrogens with zero attached hydrogens (tertiary/aromatic N) is 1. The number of benzene rings is 1. The Hall–Kier alpha value is -1.48. The topological polar surface area (TPSA) is 53.6 Å². The largest absolute Gasteiger partial charge is 0.431 e. The van der Waals surface area contributed by atoms with Gasteiger partial charge in [-0.2, -0.15) is 13.2 Å². The number of rotatable bonds is 4. The number of amides is 1. The highest BCUT2D eigenvalue weighted by atomic mass is 35.5. The van der Waals surface area contributed by atoms with Gasteiger partial charge in [0.1, 0.15) is 11.4 Å². The quantitative estimate of drug-likeness (QED) is 0.759. The lowest BCUT2D eigenvalue weighted by molar-refractivity contribution is -0.127. The van der Waals surface area contributed by atoms with E-state index in [0.29, 0.717) is 36.9 Å². The van der Waals surface area contributed by atoms with E-state index in [1.165, 1.54) is 12.1 Å². The van der Waals surface area contributed by atoms with Gasteiger partial charge in [0.15, 0.2) is 0 Å². The number of hydrogen-bond donors (Lipinski definition) is 2. The molecule has 2 aliphatic heterocycles. The molecule has 154 valence electrons. The van der Waals surface area contributed by atoms with Gasteiger partial charge in [-0.25, -0.2) is 0 Å². The predicted octanol–water partition coefficient (Wildman–Crippen LogP) is 3.12. The summed E-state index contributed by atoms with van der Waals surface area (Å²) in [6.45, 7) is 3.97. The van der Waals surface area contributed by atoms with Crippen LogP contribution >= 0.6 is 23.2 Å². The van der Waals surface area contributed by atoms with E-state index in [9.17, 15) is 18.0 Å². The number of morpholine rings is 1. The number of halogens is 5. The third-order valence-corrected chi connectivity index (χ3v) is 5.40. The van der Waals surface area contributed by atoms with Crippen molar-refractivity contribution in [3.05, 3.63) is 45.1 Å². The minimum atomic E-state index is -4.70. The molecule has 0 bridgehead atoms. The molecule has 1 aromatic rings. The van der Waals surface area contributed by atoms with Crippen LogP contribution in [0, 0.1) is 0 Å². The number of alkyl halides is 3. The van der Waals surface area contributed by atoms with Gasteiger partial charge < -0.3 is 15.4 Å². The van der Waals surface area contributed by atoms with E-state index < -0.39 is 23.4 Å². The number of nitrogens with one attached hydrogen (secondary N) is 2. The maximum absolute atomic E-state index is 13.8. The van der Waals surface area contributed by atoms with Gasteiger partial charge in [-0.3, -0.25) is 9.69 Å². The molecule has 1 amide bonds. The van der Waals surface area contributed by atoms with E-state index in [0.717, 1.165) is 0 Å². The third kappa shape index (κ3) is 4.92. The summed E-state index contributed by atoms with van der Waals surface area (Å²) in [5.41, 5.74) is -2.20. The Morgan fingerprint density at radius 2 is 1.86 bits per heavy atom. The summed E-state index contributed by atoms with van der Waals surface area (Å²) < 4.78 is 46.5. The molecule has 3 rings (SSSR count). The first-order chi connectivity index (χ1) is 13.1. The second-order valence-corrected chi connectivity index (χ2v) is 7.89. The molecule has 1 unspecified atom stereocenters. The molecule has 1 fully saturated rings. The Labute approximate surface area is 170 Å². The highest BCUT2D eigenvalue weighted by molar-refractivity contribution is 6.42. The van der Waals surface area contributed by atoms with E-state index in [-0.39, 0.29) is 23.6 Å². The average molecular weight is 438 g/mol. The molecular weight excluding hydrogens is 418 g/mol.